The van der Waals surface area contributed by atoms with Gasteiger partial charge >= 0.3 is 0 Å². The molecule has 5 nitrogen and oxygen atoms in total. The summed E-state index contributed by atoms with van der Waals surface area (Å²) in [7, 11) is 0. The summed E-state index contributed by atoms with van der Waals surface area (Å²) < 4.78 is 0. The van der Waals surface area contributed by atoms with Crippen molar-refractivity contribution < 1.29 is 14.7 Å². The van der Waals surface area contributed by atoms with Gasteiger partial charge in [0.15, 0.2) is 0 Å². The summed E-state index contributed by atoms with van der Waals surface area (Å²) in [4.78, 5) is 27.0. The van der Waals surface area contributed by atoms with Gasteiger partial charge in [0.1, 0.15) is 0 Å². The third kappa shape index (κ3) is 2.85. The Labute approximate surface area is 105 Å². The number of aromatic nitrogens is 1. The zero-order valence-electron chi connectivity index (χ0n) is 9.96. The molecule has 1 amide bonds. The molecule has 0 aromatic carbocycles. The molecule has 2 unspecified atom stereocenters. The third-order valence-electron chi connectivity index (χ3n) is 3.33. The Hall–Kier alpha value is -1.91. The summed E-state index contributed by atoms with van der Waals surface area (Å²) in [6, 6.07) is 3.44. The Morgan fingerprint density at radius 2 is 2.00 bits per heavy atom. The van der Waals surface area contributed by atoms with Crippen LogP contribution in [0.5, 0.6) is 0 Å². The highest BCUT2D eigenvalue weighted by atomic mass is 16.4. The molecule has 1 saturated carbocycles. The third-order valence-corrected chi connectivity index (χ3v) is 3.33. The van der Waals surface area contributed by atoms with Crippen molar-refractivity contribution in [3.63, 3.8) is 0 Å². The number of aliphatic carboxylic acids is 1. The van der Waals surface area contributed by atoms with Crippen LogP contribution in [-0.4, -0.2) is 16.9 Å². The Kier molecular flexibility index (Phi) is 3.92. The van der Waals surface area contributed by atoms with E-state index in [2.05, 4.69) is 10.3 Å². The smallest absolute Gasteiger partial charge is 0.228 e. The van der Waals surface area contributed by atoms with E-state index in [9.17, 15) is 14.7 Å². The van der Waals surface area contributed by atoms with Crippen LogP contribution in [-0.2, 0) is 9.59 Å². The molecule has 2 rings (SSSR count). The second-order valence-corrected chi connectivity index (χ2v) is 4.55. The number of hydrogen-bond donors (Lipinski definition) is 1. The molecule has 1 aromatic rings. The van der Waals surface area contributed by atoms with Crippen molar-refractivity contribution in [2.24, 2.45) is 11.8 Å². The first-order chi connectivity index (χ1) is 8.68. The molecule has 18 heavy (non-hydrogen) atoms. The number of carbonyl (C=O) groups is 2. The van der Waals surface area contributed by atoms with Crippen molar-refractivity contribution in [2.45, 2.75) is 25.7 Å². The molecule has 0 saturated heterocycles. The highest BCUT2D eigenvalue weighted by Gasteiger charge is 2.31. The normalized spacial score (nSPS) is 23.3. The van der Waals surface area contributed by atoms with Crippen molar-refractivity contribution in [1.82, 2.24) is 4.98 Å². The van der Waals surface area contributed by atoms with Crippen LogP contribution in [0, 0.1) is 11.8 Å². The average molecular weight is 247 g/mol. The van der Waals surface area contributed by atoms with Gasteiger partial charge in [-0.2, -0.15) is 0 Å². The average Bonchev–Trinajstić information content (AvgIpc) is 2.40. The van der Waals surface area contributed by atoms with Gasteiger partial charge < -0.3 is 15.2 Å². The van der Waals surface area contributed by atoms with Gasteiger partial charge in [0.25, 0.3) is 0 Å². The predicted molar refractivity (Wildman–Crippen MR) is 63.3 cm³/mol. The predicted octanol–water partition coefficient (Wildman–Crippen LogP) is 0.576. The highest BCUT2D eigenvalue weighted by molar-refractivity contribution is 5.94. The molecule has 5 heteroatoms. The summed E-state index contributed by atoms with van der Waals surface area (Å²) in [5.41, 5.74) is 0.588. The van der Waals surface area contributed by atoms with E-state index in [0.717, 1.165) is 12.8 Å². The maximum absolute atomic E-state index is 12.1. The fraction of sp³-hybridized carbons (Fsp3) is 0.462. The maximum Gasteiger partial charge on any atom is 0.228 e. The van der Waals surface area contributed by atoms with E-state index in [1.54, 1.807) is 18.3 Å². The first-order valence-electron chi connectivity index (χ1n) is 6.10. The molecule has 0 aliphatic heterocycles. The lowest BCUT2D eigenvalue weighted by molar-refractivity contribution is -0.313. The molecule has 1 heterocycles. The van der Waals surface area contributed by atoms with Gasteiger partial charge in [0.2, 0.25) is 5.91 Å². The Bertz CT molecular complexity index is 433. The largest absolute Gasteiger partial charge is 0.550 e. The monoisotopic (exact) mass is 247 g/mol. The molecule has 0 spiro atoms. The molecule has 1 aliphatic carbocycles. The van der Waals surface area contributed by atoms with Crippen molar-refractivity contribution >= 4 is 17.6 Å². The molecule has 0 bridgehead atoms. The van der Waals surface area contributed by atoms with Gasteiger partial charge in [-0.15, -0.1) is 0 Å². The number of amides is 1. The number of hydrogen-bond acceptors (Lipinski definition) is 4. The number of rotatable bonds is 3. The molecule has 96 valence electrons. The van der Waals surface area contributed by atoms with E-state index >= 15 is 0 Å². The summed E-state index contributed by atoms with van der Waals surface area (Å²) in [5.74, 6) is -2.54. The Morgan fingerprint density at radius 1 is 1.28 bits per heavy atom. The number of carboxylic acids is 1. The topological polar surface area (TPSA) is 82.1 Å². The molecule has 1 aromatic heterocycles. The van der Waals surface area contributed by atoms with Gasteiger partial charge in [-0.3, -0.25) is 9.78 Å². The minimum atomic E-state index is -1.12. The van der Waals surface area contributed by atoms with Gasteiger partial charge in [0.05, 0.1) is 11.9 Å². The van der Waals surface area contributed by atoms with Crippen LogP contribution < -0.4 is 10.4 Å². The van der Waals surface area contributed by atoms with Crippen LogP contribution in [0.3, 0.4) is 0 Å². The SMILES string of the molecule is O=C([O-])C1CCCCC1C(=O)Nc1cccnc1. The number of anilines is 1. The van der Waals surface area contributed by atoms with Gasteiger partial charge in [0, 0.05) is 24.0 Å². The summed E-state index contributed by atoms with van der Waals surface area (Å²) in [6.07, 6.45) is 6.00. The summed E-state index contributed by atoms with van der Waals surface area (Å²) in [5, 5.41) is 13.7. The maximum atomic E-state index is 12.1. The lowest BCUT2D eigenvalue weighted by atomic mass is 9.78. The summed E-state index contributed by atoms with van der Waals surface area (Å²) in [6.45, 7) is 0. The fourth-order valence-corrected chi connectivity index (χ4v) is 2.40. The van der Waals surface area contributed by atoms with E-state index in [0.29, 0.717) is 18.5 Å². The van der Waals surface area contributed by atoms with E-state index < -0.39 is 17.8 Å². The molecular formula is C13H15N2O3-. The molecular weight excluding hydrogens is 232 g/mol. The van der Waals surface area contributed by atoms with Gasteiger partial charge in [-0.05, 0) is 25.0 Å². The lowest BCUT2D eigenvalue weighted by Gasteiger charge is -2.31. The van der Waals surface area contributed by atoms with E-state index in [-0.39, 0.29) is 5.91 Å². The minimum absolute atomic E-state index is 0.253. The second-order valence-electron chi connectivity index (χ2n) is 4.55. The standard InChI is InChI=1S/C13H16N2O3/c16-12(15-9-4-3-7-14-8-9)10-5-1-2-6-11(10)13(17)18/h3-4,7-8,10-11H,1-2,5-6H2,(H,15,16)(H,17,18)/p-1. The Morgan fingerprint density at radius 3 is 2.61 bits per heavy atom. The summed E-state index contributed by atoms with van der Waals surface area (Å²) >= 11 is 0. The van der Waals surface area contributed by atoms with Crippen molar-refractivity contribution in [1.29, 1.82) is 0 Å². The van der Waals surface area contributed by atoms with Crippen molar-refractivity contribution in [3.8, 4) is 0 Å². The van der Waals surface area contributed by atoms with Crippen molar-refractivity contribution in [3.05, 3.63) is 24.5 Å². The van der Waals surface area contributed by atoms with E-state index in [1.807, 2.05) is 0 Å². The number of carbonyl (C=O) groups excluding carboxylic acids is 2. The zero-order valence-corrected chi connectivity index (χ0v) is 9.96. The first-order valence-corrected chi connectivity index (χ1v) is 6.10. The molecule has 0 radical (unpaired) electrons. The molecule has 1 N–H and O–H groups in total. The number of carboxylic acid groups (broad SMARTS) is 1. The first kappa shape index (κ1) is 12.5. The van der Waals surface area contributed by atoms with Crippen LogP contribution in [0.15, 0.2) is 24.5 Å². The fourth-order valence-electron chi connectivity index (χ4n) is 2.40. The quantitative estimate of drug-likeness (QED) is 0.846. The van der Waals surface area contributed by atoms with Crippen LogP contribution in [0.25, 0.3) is 0 Å². The van der Waals surface area contributed by atoms with Crippen LogP contribution >= 0.6 is 0 Å². The van der Waals surface area contributed by atoms with Crippen LogP contribution in [0.4, 0.5) is 5.69 Å². The highest BCUT2D eigenvalue weighted by Crippen LogP contribution is 2.30. The van der Waals surface area contributed by atoms with E-state index in [4.69, 9.17) is 0 Å². The second kappa shape index (κ2) is 5.62. The lowest BCUT2D eigenvalue weighted by Crippen LogP contribution is -2.42. The molecule has 2 atom stereocenters. The van der Waals surface area contributed by atoms with Gasteiger partial charge in [-0.1, -0.05) is 12.8 Å². The Balaban J connectivity index is 2.05. The molecule has 1 fully saturated rings. The number of nitrogens with one attached hydrogen (secondary N) is 1. The van der Waals surface area contributed by atoms with Crippen LogP contribution in [0.2, 0.25) is 0 Å². The van der Waals surface area contributed by atoms with E-state index in [1.165, 1.54) is 6.20 Å². The molecule has 1 aliphatic rings. The number of nitrogens with zero attached hydrogens (tertiary/aromatic N) is 1. The number of pyridine rings is 1. The van der Waals surface area contributed by atoms with Crippen LogP contribution in [0.1, 0.15) is 25.7 Å². The van der Waals surface area contributed by atoms with Crippen molar-refractivity contribution in [2.75, 3.05) is 5.32 Å². The zero-order chi connectivity index (χ0) is 13.0. The minimum Gasteiger partial charge on any atom is -0.550 e. The van der Waals surface area contributed by atoms with Gasteiger partial charge in [-0.25, -0.2) is 0 Å².